The quantitative estimate of drug-likeness (QED) is 0.766. The normalized spacial score (nSPS) is 11.9. The molecule has 0 bridgehead atoms. The van der Waals surface area contributed by atoms with Gasteiger partial charge in [0.25, 0.3) is 0 Å². The molecule has 1 aromatic rings. The monoisotopic (exact) mass is 203 g/mol. The second kappa shape index (κ2) is 4.70. The number of nitrogens with zero attached hydrogens (tertiary/aromatic N) is 2. The smallest absolute Gasteiger partial charge is 0.0671 e. The first-order chi connectivity index (χ1) is 7.02. The summed E-state index contributed by atoms with van der Waals surface area (Å²) in [6, 6.07) is 8.16. The van der Waals surface area contributed by atoms with E-state index in [2.05, 4.69) is 17.0 Å². The van der Waals surface area contributed by atoms with Gasteiger partial charge in [0.15, 0.2) is 0 Å². The Balaban J connectivity index is 2.82. The zero-order valence-corrected chi connectivity index (χ0v) is 9.49. The standard InChI is InChI=1S/C12H17N3/c1-9-4-11(14)6-12(5-9)15(3)8-10(2)7-13/h4-6,10H,8,14H2,1-3H3. The Hall–Kier alpha value is -1.69. The molecule has 0 spiro atoms. The van der Waals surface area contributed by atoms with E-state index in [-0.39, 0.29) is 5.92 Å². The van der Waals surface area contributed by atoms with Crippen LogP contribution in [0.5, 0.6) is 0 Å². The number of aryl methyl sites for hydroxylation is 1. The molecule has 1 atom stereocenters. The van der Waals surface area contributed by atoms with Gasteiger partial charge in [0.05, 0.1) is 12.0 Å². The summed E-state index contributed by atoms with van der Waals surface area (Å²) in [5, 5.41) is 8.74. The molecule has 0 fully saturated rings. The molecular formula is C12H17N3. The maximum absolute atomic E-state index is 8.74. The lowest BCUT2D eigenvalue weighted by Gasteiger charge is -2.21. The van der Waals surface area contributed by atoms with Gasteiger partial charge in [-0.2, -0.15) is 5.26 Å². The van der Waals surface area contributed by atoms with Crippen molar-refractivity contribution in [2.24, 2.45) is 5.92 Å². The number of anilines is 2. The molecule has 0 heterocycles. The van der Waals surface area contributed by atoms with Gasteiger partial charge in [0.2, 0.25) is 0 Å². The molecule has 0 saturated carbocycles. The SMILES string of the molecule is Cc1cc(N)cc(N(C)CC(C)C#N)c1. The lowest BCUT2D eigenvalue weighted by Crippen LogP contribution is -2.23. The van der Waals surface area contributed by atoms with E-state index in [1.807, 2.05) is 33.0 Å². The molecule has 0 aliphatic heterocycles. The molecule has 80 valence electrons. The van der Waals surface area contributed by atoms with Crippen LogP contribution in [0.3, 0.4) is 0 Å². The molecule has 1 unspecified atom stereocenters. The van der Waals surface area contributed by atoms with Crippen LogP contribution < -0.4 is 10.6 Å². The summed E-state index contributed by atoms with van der Waals surface area (Å²) in [5.74, 6) is 0.0248. The van der Waals surface area contributed by atoms with Crippen molar-refractivity contribution >= 4 is 11.4 Å². The maximum atomic E-state index is 8.74. The van der Waals surface area contributed by atoms with Gasteiger partial charge in [-0.05, 0) is 37.6 Å². The first kappa shape index (κ1) is 11.4. The van der Waals surface area contributed by atoms with Crippen LogP contribution in [0.1, 0.15) is 12.5 Å². The van der Waals surface area contributed by atoms with Crippen LogP contribution in [0.2, 0.25) is 0 Å². The molecule has 3 heteroatoms. The van der Waals surface area contributed by atoms with Gasteiger partial charge in [-0.3, -0.25) is 0 Å². The van der Waals surface area contributed by atoms with Crippen LogP contribution in [0.4, 0.5) is 11.4 Å². The topological polar surface area (TPSA) is 53.0 Å². The predicted molar refractivity (Wildman–Crippen MR) is 63.6 cm³/mol. The van der Waals surface area contributed by atoms with E-state index in [0.29, 0.717) is 0 Å². The Kier molecular flexibility index (Phi) is 3.56. The number of nitrogens with two attached hydrogens (primary N) is 1. The average Bonchev–Trinajstić information content (AvgIpc) is 2.16. The maximum Gasteiger partial charge on any atom is 0.0671 e. The van der Waals surface area contributed by atoms with E-state index < -0.39 is 0 Å². The molecule has 1 aromatic carbocycles. The molecule has 0 amide bonds. The summed E-state index contributed by atoms with van der Waals surface area (Å²) in [5.41, 5.74) is 8.74. The fraction of sp³-hybridized carbons (Fsp3) is 0.417. The van der Waals surface area contributed by atoms with Crippen molar-refractivity contribution in [1.29, 1.82) is 5.26 Å². The van der Waals surface area contributed by atoms with E-state index in [0.717, 1.165) is 23.5 Å². The number of nitriles is 1. The minimum atomic E-state index is 0.0248. The van der Waals surface area contributed by atoms with Gasteiger partial charge in [0.1, 0.15) is 0 Å². The molecule has 1 rings (SSSR count). The third-order valence-electron chi connectivity index (χ3n) is 2.29. The van der Waals surface area contributed by atoms with Gasteiger partial charge in [-0.25, -0.2) is 0 Å². The van der Waals surface area contributed by atoms with Gasteiger partial charge < -0.3 is 10.6 Å². The predicted octanol–water partition coefficient (Wildman–Crippen LogP) is 2.17. The van der Waals surface area contributed by atoms with E-state index >= 15 is 0 Å². The fourth-order valence-corrected chi connectivity index (χ4v) is 1.57. The van der Waals surface area contributed by atoms with E-state index in [1.165, 1.54) is 0 Å². The highest BCUT2D eigenvalue weighted by Crippen LogP contribution is 2.19. The summed E-state index contributed by atoms with van der Waals surface area (Å²) < 4.78 is 0. The Morgan fingerprint density at radius 2 is 2.13 bits per heavy atom. The van der Waals surface area contributed by atoms with Crippen LogP contribution in [0.15, 0.2) is 18.2 Å². The lowest BCUT2D eigenvalue weighted by molar-refractivity contribution is 0.716. The molecule has 3 nitrogen and oxygen atoms in total. The van der Waals surface area contributed by atoms with Crippen LogP contribution in [-0.2, 0) is 0 Å². The Morgan fingerprint density at radius 3 is 2.67 bits per heavy atom. The summed E-state index contributed by atoms with van der Waals surface area (Å²) in [6.45, 7) is 4.65. The van der Waals surface area contributed by atoms with Crippen molar-refractivity contribution in [1.82, 2.24) is 0 Å². The number of nitrogen functional groups attached to an aromatic ring is 1. The lowest BCUT2D eigenvalue weighted by atomic mass is 10.1. The van der Waals surface area contributed by atoms with Gasteiger partial charge in [0, 0.05) is 25.0 Å². The number of rotatable bonds is 3. The highest BCUT2D eigenvalue weighted by molar-refractivity contribution is 5.58. The summed E-state index contributed by atoms with van der Waals surface area (Å²) in [6.07, 6.45) is 0. The molecule has 0 aromatic heterocycles. The van der Waals surface area contributed by atoms with Crippen LogP contribution in [-0.4, -0.2) is 13.6 Å². The molecule has 0 aliphatic rings. The highest BCUT2D eigenvalue weighted by atomic mass is 15.1. The third kappa shape index (κ3) is 3.17. The minimum absolute atomic E-state index is 0.0248. The minimum Gasteiger partial charge on any atom is -0.399 e. The van der Waals surface area contributed by atoms with Gasteiger partial charge in [-0.15, -0.1) is 0 Å². The van der Waals surface area contributed by atoms with Crippen molar-refractivity contribution in [2.75, 3.05) is 24.2 Å². The van der Waals surface area contributed by atoms with Crippen molar-refractivity contribution in [2.45, 2.75) is 13.8 Å². The van der Waals surface area contributed by atoms with E-state index in [4.69, 9.17) is 11.0 Å². The van der Waals surface area contributed by atoms with Crippen molar-refractivity contribution in [3.05, 3.63) is 23.8 Å². The van der Waals surface area contributed by atoms with Gasteiger partial charge in [-0.1, -0.05) is 0 Å². The molecule has 15 heavy (non-hydrogen) atoms. The van der Waals surface area contributed by atoms with E-state index in [9.17, 15) is 0 Å². The highest BCUT2D eigenvalue weighted by Gasteiger charge is 2.06. The zero-order chi connectivity index (χ0) is 11.4. The Morgan fingerprint density at radius 1 is 1.47 bits per heavy atom. The molecule has 2 N–H and O–H groups in total. The molecule has 0 aliphatic carbocycles. The summed E-state index contributed by atoms with van der Waals surface area (Å²) in [7, 11) is 1.97. The molecule has 0 radical (unpaired) electrons. The largest absolute Gasteiger partial charge is 0.399 e. The first-order valence-corrected chi connectivity index (χ1v) is 5.01. The molecule has 0 saturated heterocycles. The van der Waals surface area contributed by atoms with Crippen LogP contribution in [0, 0.1) is 24.2 Å². The second-order valence-electron chi connectivity index (χ2n) is 4.01. The Bertz CT molecular complexity index is 359. The average molecular weight is 203 g/mol. The summed E-state index contributed by atoms with van der Waals surface area (Å²) >= 11 is 0. The fourth-order valence-electron chi connectivity index (χ4n) is 1.57. The van der Waals surface area contributed by atoms with Gasteiger partial charge >= 0.3 is 0 Å². The Labute approximate surface area is 91.1 Å². The third-order valence-corrected chi connectivity index (χ3v) is 2.29. The van der Waals surface area contributed by atoms with Crippen LogP contribution >= 0.6 is 0 Å². The molecular weight excluding hydrogens is 186 g/mol. The number of benzene rings is 1. The van der Waals surface area contributed by atoms with Crippen molar-refractivity contribution in [3.63, 3.8) is 0 Å². The van der Waals surface area contributed by atoms with Crippen molar-refractivity contribution in [3.8, 4) is 6.07 Å². The van der Waals surface area contributed by atoms with E-state index in [1.54, 1.807) is 0 Å². The second-order valence-corrected chi connectivity index (χ2v) is 4.01. The number of hydrogen-bond acceptors (Lipinski definition) is 3. The zero-order valence-electron chi connectivity index (χ0n) is 9.49. The van der Waals surface area contributed by atoms with Crippen LogP contribution in [0.25, 0.3) is 0 Å². The van der Waals surface area contributed by atoms with Crippen molar-refractivity contribution < 1.29 is 0 Å². The first-order valence-electron chi connectivity index (χ1n) is 5.01. The number of hydrogen-bond donors (Lipinski definition) is 1. The summed E-state index contributed by atoms with van der Waals surface area (Å²) in [4.78, 5) is 2.05.